The predicted molar refractivity (Wildman–Crippen MR) is 235 cm³/mol. The molecule has 2 rings (SSSR count). The first-order valence-electron chi connectivity index (χ1n) is 21.1. The maximum atomic E-state index is 14.3. The Kier molecular flexibility index (Phi) is 22.8. The lowest BCUT2D eigenvalue weighted by Gasteiger charge is -2.40. The predicted octanol–water partition coefficient (Wildman–Crippen LogP) is 2.21. The third kappa shape index (κ3) is 16.0. The van der Waals surface area contributed by atoms with Crippen molar-refractivity contribution < 1.29 is 42.8 Å². The molecule has 4 amide bonds. The first kappa shape index (κ1) is 52.5. The zero-order chi connectivity index (χ0) is 45.2. The number of nitrogens with two attached hydrogens (primary N) is 1. The SMILES string of the molecule is CCC(C)C(C(CC(=O)N1CCCC1C(CC(=O)NC(Cc1ccccc1)P(=O)(O)CC(=O)NCCOCCN)OC)OC)N(C)C(=O)[C@@H](N=C(N(C)C)N(C)C)C(C)C. The van der Waals surface area contributed by atoms with Crippen molar-refractivity contribution in [1.29, 1.82) is 0 Å². The molecule has 0 radical (unpaired) electrons. The fourth-order valence-electron chi connectivity index (χ4n) is 7.72. The Morgan fingerprint density at radius 2 is 1.63 bits per heavy atom. The Morgan fingerprint density at radius 3 is 2.18 bits per heavy atom. The lowest BCUT2D eigenvalue weighted by molar-refractivity contribution is -0.145. The smallest absolute Gasteiger partial charge is 0.247 e. The molecule has 8 atom stereocenters. The zero-order valence-electron chi connectivity index (χ0n) is 38.0. The van der Waals surface area contributed by atoms with Crippen LogP contribution < -0.4 is 16.4 Å². The summed E-state index contributed by atoms with van der Waals surface area (Å²) in [5, 5.41) is 5.33. The van der Waals surface area contributed by atoms with Gasteiger partial charge in [0.25, 0.3) is 0 Å². The number of methoxy groups -OCH3 is 2. The van der Waals surface area contributed by atoms with E-state index in [0.717, 1.165) is 6.42 Å². The first-order valence-corrected chi connectivity index (χ1v) is 23.0. The summed E-state index contributed by atoms with van der Waals surface area (Å²) in [6.07, 6.45) is -0.248. The van der Waals surface area contributed by atoms with Gasteiger partial charge >= 0.3 is 0 Å². The summed E-state index contributed by atoms with van der Waals surface area (Å²) in [4.78, 5) is 78.2. The van der Waals surface area contributed by atoms with Gasteiger partial charge in [-0.05, 0) is 30.2 Å². The van der Waals surface area contributed by atoms with Crippen LogP contribution in [-0.2, 0) is 44.4 Å². The van der Waals surface area contributed by atoms with Gasteiger partial charge in [0.05, 0.1) is 50.3 Å². The summed E-state index contributed by atoms with van der Waals surface area (Å²) >= 11 is 0. The van der Waals surface area contributed by atoms with E-state index in [1.807, 2.05) is 71.8 Å². The molecule has 1 aromatic rings. The zero-order valence-corrected chi connectivity index (χ0v) is 38.9. The molecule has 0 saturated carbocycles. The maximum Gasteiger partial charge on any atom is 0.247 e. The van der Waals surface area contributed by atoms with Crippen LogP contribution in [-0.4, -0.2) is 179 Å². The highest BCUT2D eigenvalue weighted by molar-refractivity contribution is 7.59. The molecular formula is C42H75N8O9P. The fraction of sp³-hybridized carbons (Fsp3) is 0.738. The number of nitrogens with zero attached hydrogens (tertiary/aromatic N) is 5. The number of carbonyl (C=O) groups excluding carboxylic acids is 4. The molecule has 5 N–H and O–H groups in total. The molecule has 0 aliphatic carbocycles. The molecule has 1 fully saturated rings. The molecule has 0 spiro atoms. The van der Waals surface area contributed by atoms with Gasteiger partial charge in [-0.2, -0.15) is 0 Å². The molecule has 1 aliphatic heterocycles. The number of aliphatic imine (C=N–C) groups is 1. The van der Waals surface area contributed by atoms with E-state index in [-0.39, 0.29) is 56.1 Å². The van der Waals surface area contributed by atoms with E-state index in [2.05, 4.69) is 10.6 Å². The molecule has 17 nitrogen and oxygen atoms in total. The van der Waals surface area contributed by atoms with E-state index in [1.165, 1.54) is 7.11 Å². The number of hydrogen-bond acceptors (Lipinski definition) is 10. The number of carbonyl (C=O) groups is 4. The fourth-order valence-corrected chi connectivity index (χ4v) is 9.30. The van der Waals surface area contributed by atoms with Crippen molar-refractivity contribution in [1.82, 2.24) is 30.2 Å². The van der Waals surface area contributed by atoms with E-state index in [0.29, 0.717) is 44.1 Å². The Morgan fingerprint density at radius 1 is 0.983 bits per heavy atom. The van der Waals surface area contributed by atoms with Gasteiger partial charge in [0.2, 0.25) is 31.0 Å². The average Bonchev–Trinajstić information content (AvgIpc) is 3.69. The van der Waals surface area contributed by atoms with Gasteiger partial charge in [-0.25, -0.2) is 4.99 Å². The molecule has 1 aliphatic rings. The molecule has 60 heavy (non-hydrogen) atoms. The molecule has 18 heteroatoms. The van der Waals surface area contributed by atoms with Crippen molar-refractivity contribution >= 4 is 37.0 Å². The quantitative estimate of drug-likeness (QED) is 0.0483. The van der Waals surface area contributed by atoms with Crippen LogP contribution >= 0.6 is 7.37 Å². The summed E-state index contributed by atoms with van der Waals surface area (Å²) < 4.78 is 30.9. The van der Waals surface area contributed by atoms with E-state index in [1.54, 1.807) is 48.2 Å². The van der Waals surface area contributed by atoms with Crippen LogP contribution in [0.3, 0.4) is 0 Å². The van der Waals surface area contributed by atoms with Crippen LogP contribution in [0, 0.1) is 11.8 Å². The summed E-state index contributed by atoms with van der Waals surface area (Å²) in [7, 11) is 8.03. The number of likely N-dealkylation sites (N-methyl/N-ethyl adjacent to an activating group) is 1. The third-order valence-corrected chi connectivity index (χ3v) is 13.1. The number of likely N-dealkylation sites (tertiary alicyclic amines) is 1. The average molecular weight is 867 g/mol. The molecule has 1 saturated heterocycles. The number of nitrogens with one attached hydrogen (secondary N) is 2. The van der Waals surface area contributed by atoms with Crippen LogP contribution in [0.5, 0.6) is 0 Å². The topological polar surface area (TPSA) is 209 Å². The van der Waals surface area contributed by atoms with Gasteiger partial charge in [0.15, 0.2) is 5.96 Å². The minimum atomic E-state index is -4.29. The summed E-state index contributed by atoms with van der Waals surface area (Å²) in [6.45, 7) is 9.46. The maximum absolute atomic E-state index is 14.3. The van der Waals surface area contributed by atoms with Gasteiger partial charge in [-0.3, -0.25) is 23.7 Å². The largest absolute Gasteiger partial charge is 0.379 e. The second kappa shape index (κ2) is 26.0. The van der Waals surface area contributed by atoms with Gasteiger partial charge < -0.3 is 55.1 Å². The number of rotatable bonds is 25. The van der Waals surface area contributed by atoms with E-state index in [9.17, 15) is 28.6 Å². The van der Waals surface area contributed by atoms with Crippen LogP contribution in [0.25, 0.3) is 0 Å². The Bertz CT molecular complexity index is 1560. The molecule has 1 heterocycles. The lowest BCUT2D eigenvalue weighted by Crippen LogP contribution is -2.54. The molecule has 0 bridgehead atoms. The minimum absolute atomic E-state index is 0.00737. The van der Waals surface area contributed by atoms with Crippen LogP contribution in [0.2, 0.25) is 0 Å². The third-order valence-electron chi connectivity index (χ3n) is 11.0. The Hall–Kier alpha value is -3.60. The highest BCUT2D eigenvalue weighted by Gasteiger charge is 2.42. The van der Waals surface area contributed by atoms with Crippen LogP contribution in [0.4, 0.5) is 0 Å². The molecule has 7 unspecified atom stereocenters. The monoisotopic (exact) mass is 867 g/mol. The lowest BCUT2D eigenvalue weighted by atomic mass is 9.89. The van der Waals surface area contributed by atoms with Crippen molar-refractivity contribution in [3.05, 3.63) is 35.9 Å². The minimum Gasteiger partial charge on any atom is -0.379 e. The Labute approximate surface area is 358 Å². The second-order valence-electron chi connectivity index (χ2n) is 16.4. The van der Waals surface area contributed by atoms with Crippen molar-refractivity contribution in [2.45, 2.75) is 102 Å². The van der Waals surface area contributed by atoms with E-state index in [4.69, 9.17) is 24.9 Å². The normalized spacial score (nSPS) is 18.0. The van der Waals surface area contributed by atoms with Gasteiger partial charge in [-0.15, -0.1) is 0 Å². The highest BCUT2D eigenvalue weighted by Crippen LogP contribution is 2.46. The van der Waals surface area contributed by atoms with Gasteiger partial charge in [0.1, 0.15) is 18.0 Å². The number of guanidine groups is 1. The second-order valence-corrected chi connectivity index (χ2v) is 18.9. The van der Waals surface area contributed by atoms with E-state index >= 15 is 0 Å². The Balaban J connectivity index is 2.28. The summed E-state index contributed by atoms with van der Waals surface area (Å²) in [6, 6.07) is 7.39. The summed E-state index contributed by atoms with van der Waals surface area (Å²) in [5.41, 5.74) is 6.13. The molecular weight excluding hydrogens is 791 g/mol. The molecule has 1 aromatic carbocycles. The van der Waals surface area contributed by atoms with Crippen molar-refractivity contribution in [2.24, 2.45) is 22.6 Å². The number of amides is 4. The number of benzene rings is 1. The molecule has 0 aromatic heterocycles. The van der Waals surface area contributed by atoms with Crippen LogP contribution in [0.1, 0.15) is 65.4 Å². The first-order chi connectivity index (χ1) is 28.3. The van der Waals surface area contributed by atoms with Gasteiger partial charge in [0, 0.05) is 75.5 Å². The van der Waals surface area contributed by atoms with Gasteiger partial charge in [-0.1, -0.05) is 64.4 Å². The summed E-state index contributed by atoms with van der Waals surface area (Å²) in [5.74, 6) is -2.26. The standard InChI is InChI=1S/C42H75N8O9P/c1-12-30(4)40(49(9)41(54)39(29(2)3)46-42(47(5)6)48(7)8)34(58-11)27-38(53)50-22-16-19-32(50)33(57-10)26-35(51)45-37(25-31-17-14-13-15-18-31)60(55,56)28-36(52)44-21-24-59-23-20-43/h13-15,17-18,29-30,32-34,37,39-40H,12,16,19-28,43H2,1-11H3,(H,44,52)(H,45,51)(H,55,56)/t30?,32?,33?,34?,37?,39-,40?/m0/s1. The number of ether oxygens (including phenoxy) is 3. The van der Waals surface area contributed by atoms with Crippen molar-refractivity contribution in [3.63, 3.8) is 0 Å². The van der Waals surface area contributed by atoms with Crippen molar-refractivity contribution in [3.8, 4) is 0 Å². The van der Waals surface area contributed by atoms with Crippen molar-refractivity contribution in [2.75, 3.05) is 88.5 Å². The molecule has 342 valence electrons. The number of hydrogen-bond donors (Lipinski definition) is 4. The highest BCUT2D eigenvalue weighted by atomic mass is 31.2. The van der Waals surface area contributed by atoms with Crippen LogP contribution in [0.15, 0.2) is 35.3 Å². The van der Waals surface area contributed by atoms with E-state index < -0.39 is 61.5 Å².